The van der Waals surface area contributed by atoms with Crippen molar-refractivity contribution in [2.75, 3.05) is 82.5 Å². The van der Waals surface area contributed by atoms with Gasteiger partial charge in [-0.3, -0.25) is 9.80 Å². The Hall–Kier alpha value is -2.53. The van der Waals surface area contributed by atoms with Gasteiger partial charge in [-0.2, -0.15) is 0 Å². The molecule has 0 saturated carbocycles. The zero-order chi connectivity index (χ0) is 28.7. The Morgan fingerprint density at radius 2 is 1.56 bits per heavy atom. The van der Waals surface area contributed by atoms with Gasteiger partial charge in [-0.15, -0.1) is 11.3 Å². The summed E-state index contributed by atoms with van der Waals surface area (Å²) in [5.41, 5.74) is 4.47. The number of thiazole rings is 1. The first-order chi connectivity index (χ1) is 20.0. The number of nitrogens with zero attached hydrogens (tertiary/aromatic N) is 5. The molecule has 0 bridgehead atoms. The molecule has 3 heterocycles. The molecule has 2 aliphatic rings. The second kappa shape index (κ2) is 14.1. The molecule has 0 atom stereocenters. The largest absolute Gasteiger partial charge is 0.379 e. The Balaban J connectivity index is 1.50. The molecule has 3 aromatic rings. The van der Waals surface area contributed by atoms with E-state index < -0.39 is 5.91 Å². The molecule has 8 nitrogen and oxygen atoms in total. The van der Waals surface area contributed by atoms with Crippen LogP contribution in [-0.4, -0.2) is 87.5 Å². The Morgan fingerprint density at radius 3 is 2.20 bits per heavy atom. The molecule has 41 heavy (non-hydrogen) atoms. The molecule has 0 amide bonds. The van der Waals surface area contributed by atoms with Gasteiger partial charge >= 0.3 is 0 Å². The summed E-state index contributed by atoms with van der Waals surface area (Å²) in [4.78, 5) is 15.9. The van der Waals surface area contributed by atoms with Crippen molar-refractivity contribution in [3.05, 3.63) is 76.3 Å². The molecular formula is C32H45N5O3S. The predicted octanol–water partition coefficient (Wildman–Crippen LogP) is 4.93. The third-order valence-corrected chi connectivity index (χ3v) is 9.07. The van der Waals surface area contributed by atoms with Gasteiger partial charge in [0.1, 0.15) is 0 Å². The molecule has 222 valence electrons. The Morgan fingerprint density at radius 1 is 0.902 bits per heavy atom. The SMILES string of the molecule is CCOC(OCC)(c1ccccc1)N(Cc1ccc(N2CCN(C)CC2)cc1)c1nc(C)c(CN2CCOCC2)s1. The molecule has 0 unspecified atom stereocenters. The number of hydrogen-bond acceptors (Lipinski definition) is 9. The van der Waals surface area contributed by atoms with Gasteiger partial charge in [0.25, 0.3) is 5.91 Å². The van der Waals surface area contributed by atoms with E-state index in [1.54, 1.807) is 11.3 Å². The summed E-state index contributed by atoms with van der Waals surface area (Å²) in [7, 11) is 2.19. The first-order valence-corrected chi connectivity index (χ1v) is 15.7. The highest BCUT2D eigenvalue weighted by molar-refractivity contribution is 7.15. The minimum Gasteiger partial charge on any atom is -0.379 e. The van der Waals surface area contributed by atoms with Gasteiger partial charge in [-0.05, 0) is 45.5 Å². The number of benzene rings is 2. The van der Waals surface area contributed by atoms with E-state index in [4.69, 9.17) is 19.2 Å². The highest BCUT2D eigenvalue weighted by Gasteiger charge is 2.43. The summed E-state index contributed by atoms with van der Waals surface area (Å²) in [6.07, 6.45) is 0. The predicted molar refractivity (Wildman–Crippen MR) is 167 cm³/mol. The van der Waals surface area contributed by atoms with Gasteiger partial charge in [-0.1, -0.05) is 42.5 Å². The number of aromatic nitrogens is 1. The minimum absolute atomic E-state index is 0.499. The zero-order valence-electron chi connectivity index (χ0n) is 25.1. The van der Waals surface area contributed by atoms with Crippen molar-refractivity contribution in [1.82, 2.24) is 14.8 Å². The maximum Gasteiger partial charge on any atom is 0.282 e. The van der Waals surface area contributed by atoms with Gasteiger partial charge in [-0.25, -0.2) is 4.98 Å². The molecule has 0 spiro atoms. The summed E-state index contributed by atoms with van der Waals surface area (Å²) < 4.78 is 18.8. The van der Waals surface area contributed by atoms with Crippen LogP contribution in [0.1, 0.15) is 35.5 Å². The van der Waals surface area contributed by atoms with Crippen molar-refractivity contribution in [2.45, 2.75) is 39.8 Å². The van der Waals surface area contributed by atoms with Crippen molar-refractivity contribution in [1.29, 1.82) is 0 Å². The molecule has 2 saturated heterocycles. The normalized spacial score (nSPS) is 17.2. The minimum atomic E-state index is -1.11. The molecule has 0 aliphatic carbocycles. The Labute approximate surface area is 249 Å². The molecular weight excluding hydrogens is 534 g/mol. The van der Waals surface area contributed by atoms with Crippen molar-refractivity contribution >= 4 is 22.2 Å². The Kier molecular flexibility index (Phi) is 10.3. The zero-order valence-corrected chi connectivity index (χ0v) is 25.9. The average molecular weight is 580 g/mol. The van der Waals surface area contributed by atoms with Crippen molar-refractivity contribution in [3.63, 3.8) is 0 Å². The highest BCUT2D eigenvalue weighted by Crippen LogP contribution is 2.40. The van der Waals surface area contributed by atoms with E-state index in [0.29, 0.717) is 19.8 Å². The van der Waals surface area contributed by atoms with Crippen LogP contribution >= 0.6 is 11.3 Å². The van der Waals surface area contributed by atoms with Crippen molar-refractivity contribution < 1.29 is 14.2 Å². The number of hydrogen-bond donors (Lipinski definition) is 0. The van der Waals surface area contributed by atoms with Crippen LogP contribution in [0, 0.1) is 6.92 Å². The van der Waals surface area contributed by atoms with Gasteiger partial charge in [0, 0.05) is 75.2 Å². The lowest BCUT2D eigenvalue weighted by Gasteiger charge is -2.43. The maximum absolute atomic E-state index is 6.60. The maximum atomic E-state index is 6.60. The van der Waals surface area contributed by atoms with Crippen LogP contribution in [0.4, 0.5) is 10.8 Å². The van der Waals surface area contributed by atoms with E-state index in [-0.39, 0.29) is 0 Å². The van der Waals surface area contributed by atoms with Crippen LogP contribution in [0.25, 0.3) is 0 Å². The smallest absolute Gasteiger partial charge is 0.282 e. The van der Waals surface area contributed by atoms with E-state index in [0.717, 1.165) is 75.4 Å². The quantitative estimate of drug-likeness (QED) is 0.280. The monoisotopic (exact) mass is 579 g/mol. The van der Waals surface area contributed by atoms with Crippen molar-refractivity contribution in [3.8, 4) is 0 Å². The molecule has 0 N–H and O–H groups in total. The molecule has 1 aromatic heterocycles. The van der Waals surface area contributed by atoms with Crippen LogP contribution in [-0.2, 0) is 33.2 Å². The average Bonchev–Trinajstić information content (AvgIpc) is 3.36. The number of likely N-dealkylation sites (N-methyl/N-ethyl adjacent to an activating group) is 1. The van der Waals surface area contributed by atoms with Gasteiger partial charge in [0.15, 0.2) is 5.13 Å². The van der Waals surface area contributed by atoms with Crippen LogP contribution in [0.15, 0.2) is 54.6 Å². The summed E-state index contributed by atoms with van der Waals surface area (Å²) in [6.45, 7) is 16.4. The number of piperazine rings is 1. The second-order valence-corrected chi connectivity index (χ2v) is 11.8. The summed E-state index contributed by atoms with van der Waals surface area (Å²) >= 11 is 1.74. The van der Waals surface area contributed by atoms with Crippen LogP contribution in [0.3, 0.4) is 0 Å². The van der Waals surface area contributed by atoms with Crippen molar-refractivity contribution in [2.24, 2.45) is 0 Å². The van der Waals surface area contributed by atoms with E-state index in [9.17, 15) is 0 Å². The molecule has 2 aromatic carbocycles. The summed E-state index contributed by atoms with van der Waals surface area (Å²) in [5, 5.41) is 0.902. The number of anilines is 2. The van der Waals surface area contributed by atoms with E-state index in [2.05, 4.69) is 70.0 Å². The van der Waals surface area contributed by atoms with E-state index in [1.807, 2.05) is 32.0 Å². The molecule has 2 fully saturated rings. The van der Waals surface area contributed by atoms with E-state index >= 15 is 0 Å². The topological polar surface area (TPSA) is 53.5 Å². The second-order valence-electron chi connectivity index (χ2n) is 10.8. The van der Waals surface area contributed by atoms with Crippen LogP contribution in [0.2, 0.25) is 0 Å². The molecule has 9 heteroatoms. The highest BCUT2D eigenvalue weighted by atomic mass is 32.1. The lowest BCUT2D eigenvalue weighted by Crippen LogP contribution is -2.50. The number of rotatable bonds is 12. The fraction of sp³-hybridized carbons (Fsp3) is 0.531. The first-order valence-electron chi connectivity index (χ1n) is 14.9. The van der Waals surface area contributed by atoms with Gasteiger partial charge in [0.05, 0.1) is 25.5 Å². The van der Waals surface area contributed by atoms with Gasteiger partial charge in [0.2, 0.25) is 0 Å². The van der Waals surface area contributed by atoms with E-state index in [1.165, 1.54) is 16.1 Å². The third-order valence-electron chi connectivity index (χ3n) is 7.90. The standard InChI is InChI=1S/C32H45N5O3S/c1-5-39-32(40-6-2,28-10-8-7-9-11-28)37(31-33-26(3)30(41-31)25-35-20-22-38-23-21-35)24-27-12-14-29(15-13-27)36-18-16-34(4)17-19-36/h7-15H,5-6,16-25H2,1-4H3. The van der Waals surface area contributed by atoms with Crippen LogP contribution < -0.4 is 9.80 Å². The van der Waals surface area contributed by atoms with Crippen LogP contribution in [0.5, 0.6) is 0 Å². The Bertz CT molecular complexity index is 1200. The fourth-order valence-electron chi connectivity index (χ4n) is 5.55. The lowest BCUT2D eigenvalue weighted by atomic mass is 10.1. The summed E-state index contributed by atoms with van der Waals surface area (Å²) in [5.74, 6) is -1.11. The molecule has 2 aliphatic heterocycles. The summed E-state index contributed by atoms with van der Waals surface area (Å²) in [6, 6.07) is 19.3. The number of morpholine rings is 1. The number of ether oxygens (including phenoxy) is 3. The first kappa shape index (κ1) is 29.9. The lowest BCUT2D eigenvalue weighted by molar-refractivity contribution is -0.243. The van der Waals surface area contributed by atoms with Gasteiger partial charge < -0.3 is 24.0 Å². The fourth-order valence-corrected chi connectivity index (χ4v) is 6.69. The third kappa shape index (κ3) is 7.10. The molecule has 0 radical (unpaired) electrons. The molecule has 5 rings (SSSR count). The number of aryl methyl sites for hydroxylation is 1.